The number of morpholine rings is 1. The molecule has 2 aromatic heterocycles. The Balaban J connectivity index is 0.000000445. The number of hydrogen-bond acceptors (Lipinski definition) is 6. The Labute approximate surface area is 217 Å². The Kier molecular flexibility index (Phi) is 7.50. The van der Waals surface area contributed by atoms with Crippen LogP contribution in [0.4, 0.5) is 0 Å². The monoisotopic (exact) mass is 511 g/mol. The summed E-state index contributed by atoms with van der Waals surface area (Å²) in [4.78, 5) is 31.5. The van der Waals surface area contributed by atoms with Gasteiger partial charge in [0.15, 0.2) is 0 Å². The Morgan fingerprint density at radius 3 is 2.39 bits per heavy atom. The molecule has 192 valence electrons. The second-order valence-corrected chi connectivity index (χ2v) is 10.5. The molecular weight excluding hydrogens is 478 g/mol. The molecule has 0 saturated carbocycles. The third kappa shape index (κ3) is 4.77. The van der Waals surface area contributed by atoms with Gasteiger partial charge in [0.2, 0.25) is 11.8 Å². The number of aromatic nitrogens is 3. The van der Waals surface area contributed by atoms with Crippen molar-refractivity contribution in [1.82, 2.24) is 24.8 Å². The van der Waals surface area contributed by atoms with E-state index in [9.17, 15) is 9.59 Å². The molecule has 1 unspecified atom stereocenters. The number of likely N-dealkylation sites (tertiary alicyclic amines) is 1. The maximum atomic E-state index is 12.8. The number of nitrogens with one attached hydrogen (secondary N) is 1. The van der Waals surface area contributed by atoms with Crippen molar-refractivity contribution < 1.29 is 14.3 Å². The summed E-state index contributed by atoms with van der Waals surface area (Å²) in [6, 6.07) is 3.85. The van der Waals surface area contributed by atoms with Gasteiger partial charge in [-0.25, -0.2) is 9.50 Å². The molecule has 9 heteroatoms. The number of fused-ring (bicyclic) bond motifs is 1. The van der Waals surface area contributed by atoms with Crippen LogP contribution in [0, 0.1) is 32.1 Å². The van der Waals surface area contributed by atoms with Crippen LogP contribution >= 0.6 is 11.6 Å². The Morgan fingerprint density at radius 2 is 1.83 bits per heavy atom. The van der Waals surface area contributed by atoms with Crippen molar-refractivity contribution in [3.05, 3.63) is 51.9 Å². The summed E-state index contributed by atoms with van der Waals surface area (Å²) in [5.41, 5.74) is 5.90. The molecule has 0 bridgehead atoms. The first kappa shape index (κ1) is 26.3. The van der Waals surface area contributed by atoms with Crippen LogP contribution in [0.15, 0.2) is 24.7 Å². The van der Waals surface area contributed by atoms with Crippen molar-refractivity contribution in [2.45, 2.75) is 48.1 Å². The van der Waals surface area contributed by atoms with Crippen molar-refractivity contribution in [3.8, 4) is 11.3 Å². The average molecular weight is 512 g/mol. The zero-order chi connectivity index (χ0) is 26.2. The van der Waals surface area contributed by atoms with Gasteiger partial charge >= 0.3 is 0 Å². The van der Waals surface area contributed by atoms with Gasteiger partial charge in [-0.3, -0.25) is 14.5 Å². The maximum Gasteiger partial charge on any atom is 0.235 e. The summed E-state index contributed by atoms with van der Waals surface area (Å²) in [6.07, 6.45) is 3.39. The lowest BCUT2D eigenvalue weighted by Gasteiger charge is -2.18. The molecule has 5 rings (SSSR count). The van der Waals surface area contributed by atoms with Gasteiger partial charge in [0.05, 0.1) is 36.4 Å². The number of aryl methyl sites for hydroxylation is 2. The fourth-order valence-electron chi connectivity index (χ4n) is 4.64. The minimum atomic E-state index is -0.690. The third-order valence-corrected chi connectivity index (χ3v) is 7.73. The number of amides is 2. The van der Waals surface area contributed by atoms with Crippen molar-refractivity contribution in [3.63, 3.8) is 0 Å². The van der Waals surface area contributed by atoms with Gasteiger partial charge in [-0.1, -0.05) is 32.4 Å². The highest BCUT2D eigenvalue weighted by Gasteiger charge is 2.51. The van der Waals surface area contributed by atoms with Gasteiger partial charge in [0.1, 0.15) is 6.33 Å². The highest BCUT2D eigenvalue weighted by Crippen LogP contribution is 2.39. The average Bonchev–Trinajstić information content (AvgIpc) is 3.26. The predicted molar refractivity (Wildman–Crippen MR) is 140 cm³/mol. The molecule has 2 aliphatic heterocycles. The molecule has 2 amide bonds. The maximum absolute atomic E-state index is 12.8. The summed E-state index contributed by atoms with van der Waals surface area (Å²) < 4.78 is 6.77. The Hall–Kier alpha value is -2.81. The van der Waals surface area contributed by atoms with Crippen molar-refractivity contribution in [2.24, 2.45) is 11.3 Å². The summed E-state index contributed by atoms with van der Waals surface area (Å²) in [5, 5.41) is 8.18. The summed E-state index contributed by atoms with van der Waals surface area (Å²) >= 11 is 6.32. The predicted octanol–water partition coefficient (Wildman–Crippen LogP) is 4.11. The Morgan fingerprint density at radius 1 is 1.14 bits per heavy atom. The highest BCUT2D eigenvalue weighted by atomic mass is 35.5. The van der Waals surface area contributed by atoms with E-state index in [1.165, 1.54) is 11.2 Å². The molecule has 1 aromatic carbocycles. The van der Waals surface area contributed by atoms with Crippen LogP contribution in [0.3, 0.4) is 0 Å². The lowest BCUT2D eigenvalue weighted by Crippen LogP contribution is -2.32. The number of nitrogens with zero attached hydrogens (tertiary/aromatic N) is 4. The first-order valence-corrected chi connectivity index (χ1v) is 12.6. The van der Waals surface area contributed by atoms with Crippen LogP contribution in [0.2, 0.25) is 5.02 Å². The molecule has 2 fully saturated rings. The molecule has 2 saturated heterocycles. The lowest BCUT2D eigenvalue weighted by atomic mass is 9.82. The van der Waals surface area contributed by atoms with Gasteiger partial charge in [-0.15, -0.1) is 0 Å². The minimum absolute atomic E-state index is 0.132. The fraction of sp³-hybridized carbons (Fsp3) is 0.481. The molecule has 0 radical (unpaired) electrons. The van der Waals surface area contributed by atoms with Gasteiger partial charge in [-0.05, 0) is 55.2 Å². The third-order valence-electron chi connectivity index (χ3n) is 7.51. The van der Waals surface area contributed by atoms with E-state index >= 15 is 0 Å². The second-order valence-electron chi connectivity index (χ2n) is 10.1. The van der Waals surface area contributed by atoms with Crippen LogP contribution in [0.5, 0.6) is 0 Å². The SMILES string of the molecule is C1COCCN1.Cc1cc(Cl)cc(-c2ncnn3cc(CN4C(=O)C(C)C(C)(C)C4=O)c(C)c23)c1C. The van der Waals surface area contributed by atoms with E-state index in [1.807, 2.05) is 59.9 Å². The van der Waals surface area contributed by atoms with E-state index in [-0.39, 0.29) is 24.3 Å². The minimum Gasteiger partial charge on any atom is -0.379 e. The van der Waals surface area contributed by atoms with Crippen molar-refractivity contribution in [1.29, 1.82) is 0 Å². The van der Waals surface area contributed by atoms with E-state index in [4.69, 9.17) is 16.3 Å². The normalized spacial score (nSPS) is 19.5. The van der Waals surface area contributed by atoms with Crippen LogP contribution in [0.1, 0.15) is 43.0 Å². The largest absolute Gasteiger partial charge is 0.379 e. The molecular formula is C27H34ClN5O3. The quantitative estimate of drug-likeness (QED) is 0.532. The van der Waals surface area contributed by atoms with Gasteiger partial charge < -0.3 is 10.1 Å². The first-order valence-electron chi connectivity index (χ1n) is 12.3. The van der Waals surface area contributed by atoms with Crippen LogP contribution < -0.4 is 5.32 Å². The number of carbonyl (C=O) groups excluding carboxylic acids is 2. The standard InChI is InChI=1S/C23H25ClN4O2.C4H9NO/c1-12-7-17(24)8-18(13(12)2)19-20-14(3)16(10-28(20)26-11-25-19)9-27-21(29)15(4)23(5,6)22(27)30;1-3-6-4-2-5-1/h7-8,10-11,15H,9H2,1-6H3;5H,1-4H2. The molecule has 0 spiro atoms. The van der Waals surface area contributed by atoms with E-state index in [2.05, 4.69) is 15.4 Å². The number of rotatable bonds is 3. The molecule has 8 nitrogen and oxygen atoms in total. The number of imide groups is 1. The molecule has 2 aliphatic rings. The highest BCUT2D eigenvalue weighted by molar-refractivity contribution is 6.31. The molecule has 36 heavy (non-hydrogen) atoms. The van der Waals surface area contributed by atoms with E-state index < -0.39 is 5.41 Å². The van der Waals surface area contributed by atoms with E-state index in [0.29, 0.717) is 5.02 Å². The molecule has 4 heterocycles. The molecule has 3 aromatic rings. The van der Waals surface area contributed by atoms with Crippen molar-refractivity contribution in [2.75, 3.05) is 26.3 Å². The summed E-state index contributed by atoms with van der Waals surface area (Å²) in [6.45, 7) is 15.6. The summed E-state index contributed by atoms with van der Waals surface area (Å²) in [5.74, 6) is -0.607. The van der Waals surface area contributed by atoms with Crippen LogP contribution in [-0.2, 0) is 20.9 Å². The number of benzene rings is 1. The molecule has 1 N–H and O–H groups in total. The first-order chi connectivity index (χ1) is 17.0. The second kappa shape index (κ2) is 10.3. The van der Waals surface area contributed by atoms with Crippen LogP contribution in [-0.4, -0.2) is 57.6 Å². The number of hydrogen-bond donors (Lipinski definition) is 1. The topological polar surface area (TPSA) is 88.8 Å². The van der Waals surface area contributed by atoms with Gasteiger partial charge in [0, 0.05) is 35.8 Å². The zero-order valence-corrected chi connectivity index (χ0v) is 22.6. The van der Waals surface area contributed by atoms with Crippen LogP contribution in [0.25, 0.3) is 16.8 Å². The fourth-order valence-corrected chi connectivity index (χ4v) is 4.91. The smallest absolute Gasteiger partial charge is 0.235 e. The number of carbonyl (C=O) groups is 2. The number of ether oxygens (including phenoxy) is 1. The lowest BCUT2D eigenvalue weighted by molar-refractivity contribution is -0.141. The summed E-state index contributed by atoms with van der Waals surface area (Å²) in [7, 11) is 0. The number of halogens is 1. The van der Waals surface area contributed by atoms with Gasteiger partial charge in [0.25, 0.3) is 0 Å². The zero-order valence-electron chi connectivity index (χ0n) is 21.8. The molecule has 0 aliphatic carbocycles. The van der Waals surface area contributed by atoms with E-state index in [0.717, 1.165) is 65.3 Å². The van der Waals surface area contributed by atoms with Crippen molar-refractivity contribution >= 4 is 28.9 Å². The Bertz CT molecular complexity index is 1300. The van der Waals surface area contributed by atoms with E-state index in [1.54, 1.807) is 4.52 Å². The van der Waals surface area contributed by atoms with Gasteiger partial charge in [-0.2, -0.15) is 5.10 Å². The molecule has 1 atom stereocenters.